The first-order valence-electron chi connectivity index (χ1n) is 9.85. The summed E-state index contributed by atoms with van der Waals surface area (Å²) >= 11 is 0. The molecule has 0 N–H and O–H groups in total. The Bertz CT molecular complexity index is 1050. The van der Waals surface area contributed by atoms with Crippen LogP contribution in [0.3, 0.4) is 0 Å². The molecular formula is C20H22F3N5O2. The normalized spacial score (nSPS) is 17.6. The van der Waals surface area contributed by atoms with Crippen molar-refractivity contribution >= 4 is 16.9 Å². The summed E-state index contributed by atoms with van der Waals surface area (Å²) in [6.07, 6.45) is -1.93. The molecule has 1 fully saturated rings. The van der Waals surface area contributed by atoms with Gasteiger partial charge in [0.2, 0.25) is 5.91 Å². The van der Waals surface area contributed by atoms with Crippen molar-refractivity contribution in [1.29, 1.82) is 0 Å². The highest BCUT2D eigenvalue weighted by molar-refractivity contribution is 5.77. The molecular weight excluding hydrogens is 399 g/mol. The van der Waals surface area contributed by atoms with Gasteiger partial charge in [0.05, 0.1) is 22.8 Å². The molecule has 0 spiro atoms. The number of carbonyl (C=O) groups excluding carboxylic acids is 1. The van der Waals surface area contributed by atoms with Crippen molar-refractivity contribution in [2.24, 2.45) is 0 Å². The Hall–Kier alpha value is -2.91. The lowest BCUT2D eigenvalue weighted by molar-refractivity contribution is -0.137. The highest BCUT2D eigenvalue weighted by Gasteiger charge is 2.32. The average molecular weight is 421 g/mol. The minimum Gasteiger partial charge on any atom is -0.361 e. The summed E-state index contributed by atoms with van der Waals surface area (Å²) in [7, 11) is 0. The van der Waals surface area contributed by atoms with E-state index in [9.17, 15) is 18.0 Å². The summed E-state index contributed by atoms with van der Waals surface area (Å²) in [5.41, 5.74) is 1.75. The third kappa shape index (κ3) is 3.90. The molecule has 0 radical (unpaired) electrons. The summed E-state index contributed by atoms with van der Waals surface area (Å²) in [5, 5.41) is 11.9. The summed E-state index contributed by atoms with van der Waals surface area (Å²) in [6.45, 7) is 4.80. The van der Waals surface area contributed by atoms with Crippen molar-refractivity contribution in [1.82, 2.24) is 25.1 Å². The fourth-order valence-electron chi connectivity index (χ4n) is 4.02. The zero-order valence-corrected chi connectivity index (χ0v) is 16.7. The second-order valence-electron chi connectivity index (χ2n) is 7.67. The van der Waals surface area contributed by atoms with E-state index in [0.717, 1.165) is 42.0 Å². The van der Waals surface area contributed by atoms with Crippen LogP contribution in [0.1, 0.15) is 47.9 Å². The highest BCUT2D eigenvalue weighted by Crippen LogP contribution is 2.32. The van der Waals surface area contributed by atoms with E-state index in [1.54, 1.807) is 9.58 Å². The third-order valence-corrected chi connectivity index (χ3v) is 5.66. The molecule has 0 saturated carbocycles. The van der Waals surface area contributed by atoms with Gasteiger partial charge in [-0.25, -0.2) is 4.68 Å². The number of fused-ring (bicyclic) bond motifs is 1. The maximum Gasteiger partial charge on any atom is 0.416 e. The monoisotopic (exact) mass is 421 g/mol. The van der Waals surface area contributed by atoms with Crippen LogP contribution in [0.15, 0.2) is 22.7 Å². The molecule has 4 rings (SSSR count). The van der Waals surface area contributed by atoms with E-state index in [1.807, 2.05) is 13.8 Å². The number of carbonyl (C=O) groups is 1. The molecule has 0 bridgehead atoms. The number of halogens is 3. The van der Waals surface area contributed by atoms with Crippen LogP contribution in [-0.2, 0) is 17.4 Å². The van der Waals surface area contributed by atoms with Crippen LogP contribution in [0.4, 0.5) is 13.2 Å². The van der Waals surface area contributed by atoms with Gasteiger partial charge >= 0.3 is 6.18 Å². The number of likely N-dealkylation sites (tertiary alicyclic amines) is 1. The van der Waals surface area contributed by atoms with Gasteiger partial charge < -0.3 is 9.42 Å². The summed E-state index contributed by atoms with van der Waals surface area (Å²) in [6, 6.07) is 3.32. The Balaban J connectivity index is 1.46. The van der Waals surface area contributed by atoms with E-state index in [2.05, 4.69) is 15.5 Å². The number of aromatic nitrogens is 4. The van der Waals surface area contributed by atoms with Gasteiger partial charge in [0.15, 0.2) is 0 Å². The van der Waals surface area contributed by atoms with Gasteiger partial charge in [-0.05, 0) is 51.3 Å². The van der Waals surface area contributed by atoms with Gasteiger partial charge in [0.25, 0.3) is 0 Å². The van der Waals surface area contributed by atoms with Crippen molar-refractivity contribution in [2.45, 2.75) is 51.7 Å². The second-order valence-corrected chi connectivity index (χ2v) is 7.67. The van der Waals surface area contributed by atoms with E-state index in [0.29, 0.717) is 31.4 Å². The zero-order valence-electron chi connectivity index (χ0n) is 16.7. The molecule has 3 aromatic rings. The van der Waals surface area contributed by atoms with Gasteiger partial charge in [-0.1, -0.05) is 10.4 Å². The van der Waals surface area contributed by atoms with Crippen LogP contribution < -0.4 is 0 Å². The Kier molecular flexibility index (Phi) is 5.25. The smallest absolute Gasteiger partial charge is 0.361 e. The Labute approximate surface area is 170 Å². The molecule has 3 heterocycles. The molecule has 1 amide bonds. The maximum atomic E-state index is 12.9. The van der Waals surface area contributed by atoms with E-state index in [-0.39, 0.29) is 17.5 Å². The molecule has 160 valence electrons. The van der Waals surface area contributed by atoms with E-state index in [4.69, 9.17) is 4.52 Å². The molecule has 1 saturated heterocycles. The fraction of sp³-hybridized carbons (Fsp3) is 0.500. The average Bonchev–Trinajstić information content (AvgIpc) is 3.28. The topological polar surface area (TPSA) is 77.0 Å². The molecule has 7 nitrogen and oxygen atoms in total. The molecule has 1 aliphatic rings. The SMILES string of the molecule is Cc1noc(C)c1CCC(=O)N1CCC[C@@H](n2nnc3cc(C(F)(F)F)ccc32)C1. The molecule has 1 atom stereocenters. The van der Waals surface area contributed by atoms with Crippen LogP contribution in [-0.4, -0.2) is 44.0 Å². The largest absolute Gasteiger partial charge is 0.416 e. The van der Waals surface area contributed by atoms with Gasteiger partial charge in [-0.15, -0.1) is 5.10 Å². The number of hydrogen-bond acceptors (Lipinski definition) is 5. The summed E-state index contributed by atoms with van der Waals surface area (Å²) in [5.74, 6) is 0.757. The van der Waals surface area contributed by atoms with Crippen LogP contribution in [0.2, 0.25) is 0 Å². The number of piperidine rings is 1. The molecule has 2 aromatic heterocycles. The predicted molar refractivity (Wildman–Crippen MR) is 102 cm³/mol. The van der Waals surface area contributed by atoms with Crippen molar-refractivity contribution in [3.8, 4) is 0 Å². The zero-order chi connectivity index (χ0) is 21.5. The minimum absolute atomic E-state index is 0.0310. The number of hydrogen-bond donors (Lipinski definition) is 0. The first-order valence-corrected chi connectivity index (χ1v) is 9.85. The number of rotatable bonds is 4. The number of nitrogens with zero attached hydrogens (tertiary/aromatic N) is 5. The van der Waals surface area contributed by atoms with Crippen LogP contribution in [0, 0.1) is 13.8 Å². The predicted octanol–water partition coefficient (Wildman–Crippen LogP) is 3.85. The Morgan fingerprint density at radius 3 is 2.80 bits per heavy atom. The van der Waals surface area contributed by atoms with Crippen molar-refractivity contribution in [3.63, 3.8) is 0 Å². The lowest BCUT2D eigenvalue weighted by Gasteiger charge is -2.33. The Morgan fingerprint density at radius 2 is 2.10 bits per heavy atom. The third-order valence-electron chi connectivity index (χ3n) is 5.66. The molecule has 10 heteroatoms. The van der Waals surface area contributed by atoms with Crippen LogP contribution >= 0.6 is 0 Å². The van der Waals surface area contributed by atoms with Gasteiger partial charge in [0, 0.05) is 25.1 Å². The van der Waals surface area contributed by atoms with Crippen molar-refractivity contribution in [2.75, 3.05) is 13.1 Å². The van der Waals surface area contributed by atoms with Crippen molar-refractivity contribution < 1.29 is 22.5 Å². The lowest BCUT2D eigenvalue weighted by atomic mass is 10.0. The first kappa shape index (κ1) is 20.4. The maximum absolute atomic E-state index is 12.9. The number of aryl methyl sites for hydroxylation is 2. The lowest BCUT2D eigenvalue weighted by Crippen LogP contribution is -2.41. The van der Waals surface area contributed by atoms with E-state index >= 15 is 0 Å². The minimum atomic E-state index is -4.42. The number of benzene rings is 1. The first-order chi connectivity index (χ1) is 14.2. The number of amides is 1. The van der Waals surface area contributed by atoms with Crippen LogP contribution in [0.25, 0.3) is 11.0 Å². The molecule has 30 heavy (non-hydrogen) atoms. The molecule has 0 aliphatic carbocycles. The van der Waals surface area contributed by atoms with E-state index < -0.39 is 11.7 Å². The fourth-order valence-corrected chi connectivity index (χ4v) is 4.02. The van der Waals surface area contributed by atoms with Gasteiger partial charge in [0.1, 0.15) is 11.3 Å². The highest BCUT2D eigenvalue weighted by atomic mass is 19.4. The molecule has 1 aromatic carbocycles. The standard InChI is InChI=1S/C20H22F3N5O2/c1-12-16(13(2)30-25-12)6-8-19(29)27-9-3-4-15(11-27)28-18-7-5-14(20(21,22)23)10-17(18)24-26-28/h5,7,10,15H,3-4,6,8-9,11H2,1-2H3/t15-/m1/s1. The summed E-state index contributed by atoms with van der Waals surface area (Å²) in [4.78, 5) is 14.5. The Morgan fingerprint density at radius 1 is 1.30 bits per heavy atom. The molecule has 0 unspecified atom stereocenters. The second kappa shape index (κ2) is 7.73. The quantitative estimate of drug-likeness (QED) is 0.640. The van der Waals surface area contributed by atoms with Gasteiger partial charge in [-0.3, -0.25) is 4.79 Å². The van der Waals surface area contributed by atoms with Crippen molar-refractivity contribution in [3.05, 3.63) is 40.8 Å². The summed E-state index contributed by atoms with van der Waals surface area (Å²) < 4.78 is 45.6. The van der Waals surface area contributed by atoms with Gasteiger partial charge in [-0.2, -0.15) is 13.2 Å². The molecule has 1 aliphatic heterocycles. The van der Waals surface area contributed by atoms with Crippen LogP contribution in [0.5, 0.6) is 0 Å². The number of alkyl halides is 3. The van der Waals surface area contributed by atoms with E-state index in [1.165, 1.54) is 6.07 Å².